The summed E-state index contributed by atoms with van der Waals surface area (Å²) in [7, 11) is 0. The molecule has 0 spiro atoms. The molecule has 0 saturated carbocycles. The van der Waals surface area contributed by atoms with E-state index in [9.17, 15) is 0 Å². The van der Waals surface area contributed by atoms with Crippen LogP contribution in [-0.2, 0) is 0 Å². The second-order valence-corrected chi connectivity index (χ2v) is 8.93. The van der Waals surface area contributed by atoms with Crippen LogP contribution in [0.1, 0.15) is 6.42 Å². The molecule has 1 rings (SSSR count). The topological polar surface area (TPSA) is 0 Å². The van der Waals surface area contributed by atoms with E-state index in [0.717, 1.165) is 0 Å². The van der Waals surface area contributed by atoms with Crippen molar-refractivity contribution in [3.8, 4) is 0 Å². The van der Waals surface area contributed by atoms with Gasteiger partial charge in [0.25, 0.3) is 0 Å². The number of allylic oxidation sites excluding steroid dienone is 4. The zero-order valence-corrected chi connectivity index (χ0v) is 7.94. The molecule has 1 heteroatoms. The van der Waals surface area contributed by atoms with Crippen molar-refractivity contribution in [3.05, 3.63) is 22.6 Å². The average Bonchev–Trinajstić information content (AvgIpc) is 2.12. The molecule has 0 aliphatic heterocycles. The van der Waals surface area contributed by atoms with Gasteiger partial charge in [0.1, 0.15) is 0 Å². The first-order chi connectivity index (χ1) is 3.80. The SMILES string of the molecule is [CH3][GeH]([CH3])[C]1=CC=CC1. The fourth-order valence-corrected chi connectivity index (χ4v) is 3.21. The number of hydrogen-bond donors (Lipinski definition) is 0. The van der Waals surface area contributed by atoms with Crippen LogP contribution in [0.4, 0.5) is 0 Å². The quantitative estimate of drug-likeness (QED) is 0.525. The molecule has 0 heterocycles. The van der Waals surface area contributed by atoms with Crippen LogP contribution >= 0.6 is 0 Å². The Labute approximate surface area is 55.4 Å². The Hall–Kier alpha value is 0.0229. The Morgan fingerprint density at radius 2 is 2.25 bits per heavy atom. The van der Waals surface area contributed by atoms with E-state index in [2.05, 4.69) is 29.7 Å². The normalized spacial score (nSPS) is 17.6. The van der Waals surface area contributed by atoms with Crippen LogP contribution in [-0.4, -0.2) is 14.3 Å². The zero-order valence-electron chi connectivity index (χ0n) is 5.52. The van der Waals surface area contributed by atoms with Gasteiger partial charge in [0.05, 0.1) is 0 Å². The summed E-state index contributed by atoms with van der Waals surface area (Å²) in [4.78, 5) is 0. The summed E-state index contributed by atoms with van der Waals surface area (Å²) in [5.74, 6) is 4.84. The summed E-state index contributed by atoms with van der Waals surface area (Å²) < 4.78 is 1.75. The van der Waals surface area contributed by atoms with Gasteiger partial charge in [-0.1, -0.05) is 0 Å². The van der Waals surface area contributed by atoms with Crippen molar-refractivity contribution in [3.63, 3.8) is 0 Å². The number of hydrogen-bond acceptors (Lipinski definition) is 0. The molecule has 0 N–H and O–H groups in total. The van der Waals surface area contributed by atoms with E-state index in [4.69, 9.17) is 0 Å². The van der Waals surface area contributed by atoms with E-state index in [0.29, 0.717) is 0 Å². The monoisotopic (exact) mass is 170 g/mol. The summed E-state index contributed by atoms with van der Waals surface area (Å²) in [6, 6.07) is 0. The molecule has 8 heavy (non-hydrogen) atoms. The van der Waals surface area contributed by atoms with Crippen molar-refractivity contribution >= 4 is 14.3 Å². The molecule has 0 atom stereocenters. The second-order valence-electron chi connectivity index (χ2n) is 2.53. The van der Waals surface area contributed by atoms with Crippen molar-refractivity contribution < 1.29 is 0 Å². The molecule has 0 amide bonds. The third-order valence-corrected chi connectivity index (χ3v) is 5.55. The molecule has 0 aromatic carbocycles. The first-order valence-electron chi connectivity index (χ1n) is 3.16. The van der Waals surface area contributed by atoms with E-state index in [1.54, 1.807) is 4.41 Å². The minimum absolute atomic E-state index is 0.832. The Kier molecular flexibility index (Phi) is 1.95. The summed E-state index contributed by atoms with van der Waals surface area (Å²) in [5, 5.41) is 0. The van der Waals surface area contributed by atoms with Gasteiger partial charge in [-0.25, -0.2) is 0 Å². The minimum atomic E-state index is -0.832. The Morgan fingerprint density at radius 3 is 2.50 bits per heavy atom. The van der Waals surface area contributed by atoms with Gasteiger partial charge in [-0.05, 0) is 0 Å². The molecule has 0 nitrogen and oxygen atoms in total. The van der Waals surface area contributed by atoms with E-state index in [1.165, 1.54) is 6.42 Å². The van der Waals surface area contributed by atoms with Crippen molar-refractivity contribution in [1.29, 1.82) is 0 Å². The van der Waals surface area contributed by atoms with Crippen molar-refractivity contribution in [1.82, 2.24) is 0 Å². The first kappa shape index (κ1) is 6.15. The van der Waals surface area contributed by atoms with E-state index < -0.39 is 14.3 Å². The molecule has 0 saturated heterocycles. The van der Waals surface area contributed by atoms with Gasteiger partial charge in [-0.15, -0.1) is 0 Å². The van der Waals surface area contributed by atoms with Crippen molar-refractivity contribution in [2.45, 2.75) is 17.9 Å². The van der Waals surface area contributed by atoms with Crippen LogP contribution in [0.3, 0.4) is 0 Å². The standard InChI is InChI=1S/C7H12Ge/c1-8(2)7-5-3-4-6-7/h3-5,8H,6H2,1-2H3. The predicted octanol–water partition coefficient (Wildman–Crippen LogP) is 1.90. The molecular formula is C7H12Ge. The van der Waals surface area contributed by atoms with Gasteiger partial charge < -0.3 is 0 Å². The molecule has 0 unspecified atom stereocenters. The maximum absolute atomic E-state index is 2.42. The molecule has 0 bridgehead atoms. The Morgan fingerprint density at radius 1 is 1.50 bits per heavy atom. The molecule has 0 aromatic rings. The molecule has 1 aliphatic rings. The third kappa shape index (κ3) is 1.25. The first-order valence-corrected chi connectivity index (χ1v) is 9.22. The van der Waals surface area contributed by atoms with Gasteiger partial charge in [-0.2, -0.15) is 0 Å². The number of rotatable bonds is 1. The van der Waals surface area contributed by atoms with Crippen molar-refractivity contribution in [2.24, 2.45) is 0 Å². The predicted molar refractivity (Wildman–Crippen MR) is 40.7 cm³/mol. The molecule has 0 aromatic heterocycles. The molecule has 44 valence electrons. The van der Waals surface area contributed by atoms with Crippen LogP contribution in [0.15, 0.2) is 22.6 Å². The second kappa shape index (κ2) is 2.54. The van der Waals surface area contributed by atoms with E-state index in [-0.39, 0.29) is 0 Å². The van der Waals surface area contributed by atoms with Gasteiger partial charge >= 0.3 is 54.9 Å². The van der Waals surface area contributed by atoms with Crippen LogP contribution in [0.5, 0.6) is 0 Å². The summed E-state index contributed by atoms with van der Waals surface area (Å²) in [6.07, 6.45) is 7.99. The van der Waals surface area contributed by atoms with Gasteiger partial charge in [0, 0.05) is 0 Å². The van der Waals surface area contributed by atoms with Gasteiger partial charge in [0.15, 0.2) is 0 Å². The van der Waals surface area contributed by atoms with Gasteiger partial charge in [0.2, 0.25) is 0 Å². The Bertz CT molecular complexity index is 131. The zero-order chi connectivity index (χ0) is 5.98. The average molecular weight is 169 g/mol. The van der Waals surface area contributed by atoms with Crippen LogP contribution in [0.25, 0.3) is 0 Å². The third-order valence-electron chi connectivity index (χ3n) is 1.54. The van der Waals surface area contributed by atoms with E-state index in [1.807, 2.05) is 0 Å². The summed E-state index contributed by atoms with van der Waals surface area (Å²) in [6.45, 7) is 0. The van der Waals surface area contributed by atoms with Crippen molar-refractivity contribution in [2.75, 3.05) is 0 Å². The molecular weight excluding hydrogens is 157 g/mol. The molecule has 0 fully saturated rings. The van der Waals surface area contributed by atoms with E-state index >= 15 is 0 Å². The maximum atomic E-state index is 2.42. The fourth-order valence-electron chi connectivity index (χ4n) is 0.892. The Balaban J connectivity index is 2.51. The summed E-state index contributed by atoms with van der Waals surface area (Å²) >= 11 is -0.832. The van der Waals surface area contributed by atoms with Crippen LogP contribution in [0.2, 0.25) is 11.5 Å². The summed E-state index contributed by atoms with van der Waals surface area (Å²) in [5.41, 5.74) is 0. The van der Waals surface area contributed by atoms with Gasteiger partial charge in [-0.3, -0.25) is 0 Å². The molecule has 0 radical (unpaired) electrons. The molecule has 1 aliphatic carbocycles. The van der Waals surface area contributed by atoms with Crippen LogP contribution in [0, 0.1) is 0 Å². The fraction of sp³-hybridized carbons (Fsp3) is 0.429. The van der Waals surface area contributed by atoms with Crippen LogP contribution < -0.4 is 0 Å².